The summed E-state index contributed by atoms with van der Waals surface area (Å²) in [7, 11) is 2.96. The fraction of sp³-hybridized carbons (Fsp3) is 0.455. The second-order valence-corrected chi connectivity index (χ2v) is 4.32. The monoisotopic (exact) mass is 345 g/mol. The average molecular weight is 347 g/mol. The summed E-state index contributed by atoms with van der Waals surface area (Å²) in [5, 5.41) is 0. The molecule has 18 heavy (non-hydrogen) atoms. The van der Waals surface area contributed by atoms with Gasteiger partial charge in [-0.25, -0.2) is 8.78 Å². The van der Waals surface area contributed by atoms with E-state index in [2.05, 4.69) is 15.9 Å². The Hall–Kier alpha value is -0.590. The maximum atomic E-state index is 12.3. The van der Waals surface area contributed by atoms with Crippen LogP contribution in [-0.2, 0) is 0 Å². The highest BCUT2D eigenvalue weighted by Gasteiger charge is 2.19. The highest BCUT2D eigenvalue weighted by Crippen LogP contribution is 2.36. The number of methoxy groups -OCH3 is 2. The van der Waals surface area contributed by atoms with Crippen LogP contribution in [0.25, 0.3) is 0 Å². The molecule has 0 bridgehead atoms. The van der Waals surface area contributed by atoms with Crippen molar-refractivity contribution in [1.82, 2.24) is 0 Å². The van der Waals surface area contributed by atoms with E-state index in [0.717, 1.165) is 0 Å². The molecule has 1 rings (SSSR count). The van der Waals surface area contributed by atoms with Crippen LogP contribution in [0.4, 0.5) is 8.78 Å². The van der Waals surface area contributed by atoms with Gasteiger partial charge in [0.2, 0.25) is 6.43 Å². The van der Waals surface area contributed by atoms with Crippen molar-refractivity contribution in [3.8, 4) is 11.5 Å². The Morgan fingerprint density at radius 3 is 2.22 bits per heavy atom. The number of hydrogen-bond donors (Lipinski definition) is 1. The van der Waals surface area contributed by atoms with Gasteiger partial charge in [-0.15, -0.1) is 12.4 Å². The topological polar surface area (TPSA) is 44.5 Å². The molecule has 104 valence electrons. The summed E-state index contributed by atoms with van der Waals surface area (Å²) < 4.78 is 35.5. The highest BCUT2D eigenvalue weighted by molar-refractivity contribution is 9.10. The van der Waals surface area contributed by atoms with E-state index < -0.39 is 18.9 Å². The normalized spacial score (nSPS) is 11.9. The summed E-state index contributed by atoms with van der Waals surface area (Å²) in [6.07, 6.45) is -2.87. The number of alkyl halides is 2. The van der Waals surface area contributed by atoms with Gasteiger partial charge in [0.05, 0.1) is 18.7 Å². The molecule has 0 heterocycles. The molecule has 7 heteroatoms. The van der Waals surface area contributed by atoms with Gasteiger partial charge in [0.1, 0.15) is 11.5 Å². The van der Waals surface area contributed by atoms with Gasteiger partial charge in [0.25, 0.3) is 0 Å². The minimum absolute atomic E-state index is 0. The van der Waals surface area contributed by atoms with Crippen LogP contribution in [0.1, 0.15) is 18.0 Å². The summed E-state index contributed by atoms with van der Waals surface area (Å²) in [5.74, 6) is 0.997. The predicted octanol–water partition coefficient (Wildman–Crippen LogP) is 3.54. The van der Waals surface area contributed by atoms with E-state index in [1.165, 1.54) is 14.2 Å². The van der Waals surface area contributed by atoms with Crippen molar-refractivity contribution >= 4 is 28.3 Å². The van der Waals surface area contributed by atoms with Gasteiger partial charge in [-0.1, -0.05) is 0 Å². The Kier molecular flexibility index (Phi) is 7.51. The zero-order valence-electron chi connectivity index (χ0n) is 9.95. The molecule has 0 aromatic heterocycles. The van der Waals surface area contributed by atoms with Crippen LogP contribution in [-0.4, -0.2) is 20.6 Å². The first-order chi connectivity index (χ1) is 7.99. The van der Waals surface area contributed by atoms with Crippen LogP contribution in [0, 0.1) is 0 Å². The molecule has 0 saturated carbocycles. The molecule has 0 aliphatic rings. The number of halogens is 4. The van der Waals surface area contributed by atoms with Crippen molar-refractivity contribution in [3.05, 3.63) is 22.2 Å². The minimum Gasteiger partial charge on any atom is -0.496 e. The predicted molar refractivity (Wildman–Crippen MR) is 72.0 cm³/mol. The van der Waals surface area contributed by atoms with Gasteiger partial charge in [0, 0.05) is 18.0 Å². The first-order valence-electron chi connectivity index (χ1n) is 4.94. The van der Waals surface area contributed by atoms with Crippen molar-refractivity contribution in [3.63, 3.8) is 0 Å². The van der Waals surface area contributed by atoms with Gasteiger partial charge in [-0.2, -0.15) is 0 Å². The van der Waals surface area contributed by atoms with Crippen molar-refractivity contribution in [2.75, 3.05) is 14.2 Å². The summed E-state index contributed by atoms with van der Waals surface area (Å²) in [4.78, 5) is 0. The quantitative estimate of drug-likeness (QED) is 0.887. The van der Waals surface area contributed by atoms with Crippen molar-refractivity contribution in [1.29, 1.82) is 0 Å². The lowest BCUT2D eigenvalue weighted by atomic mass is 10.0. The zero-order chi connectivity index (χ0) is 13.0. The number of benzene rings is 1. The molecule has 0 radical (unpaired) electrons. The van der Waals surface area contributed by atoms with E-state index in [1.54, 1.807) is 12.1 Å². The Bertz CT molecular complexity index is 394. The van der Waals surface area contributed by atoms with Gasteiger partial charge >= 0.3 is 0 Å². The molecule has 0 aliphatic heterocycles. The van der Waals surface area contributed by atoms with Crippen molar-refractivity contribution < 1.29 is 18.3 Å². The van der Waals surface area contributed by atoms with Crippen molar-refractivity contribution in [2.45, 2.75) is 18.9 Å². The first kappa shape index (κ1) is 17.4. The van der Waals surface area contributed by atoms with Crippen molar-refractivity contribution in [2.24, 2.45) is 5.73 Å². The molecule has 2 N–H and O–H groups in total. The van der Waals surface area contributed by atoms with Crippen LogP contribution in [0.2, 0.25) is 0 Å². The number of ether oxygens (including phenoxy) is 2. The zero-order valence-corrected chi connectivity index (χ0v) is 12.4. The molecule has 0 aliphatic carbocycles. The average Bonchev–Trinajstić information content (AvgIpc) is 2.27. The third kappa shape index (κ3) is 4.26. The van der Waals surface area contributed by atoms with Gasteiger partial charge in [-0.3, -0.25) is 0 Å². The van der Waals surface area contributed by atoms with Crippen LogP contribution >= 0.6 is 28.3 Å². The Balaban J connectivity index is 0.00000289. The Morgan fingerprint density at radius 1 is 1.22 bits per heavy atom. The molecule has 1 atom stereocenters. The van der Waals surface area contributed by atoms with Crippen LogP contribution < -0.4 is 15.2 Å². The lowest BCUT2D eigenvalue weighted by Gasteiger charge is -2.17. The highest BCUT2D eigenvalue weighted by atomic mass is 79.9. The van der Waals surface area contributed by atoms with E-state index in [1.807, 2.05) is 0 Å². The Morgan fingerprint density at radius 2 is 1.78 bits per heavy atom. The standard InChI is InChI=1S/C11H14BrF2NO2.ClH/c1-16-9-4-7(12)10(17-2)3-6(9)8(15)5-11(13)14;/h3-4,8,11H,5,15H2,1-2H3;1H/t8-;/m0./s1. The molecule has 0 fully saturated rings. The number of hydrogen-bond acceptors (Lipinski definition) is 3. The van der Waals surface area contributed by atoms with E-state index >= 15 is 0 Å². The summed E-state index contributed by atoms with van der Waals surface area (Å²) in [6.45, 7) is 0. The van der Waals surface area contributed by atoms with Crippen LogP contribution in [0.15, 0.2) is 16.6 Å². The van der Waals surface area contributed by atoms with Gasteiger partial charge in [0.15, 0.2) is 0 Å². The molecule has 1 aromatic rings. The fourth-order valence-corrected chi connectivity index (χ4v) is 1.98. The first-order valence-corrected chi connectivity index (χ1v) is 5.74. The maximum Gasteiger partial charge on any atom is 0.240 e. The molecule has 0 amide bonds. The summed E-state index contributed by atoms with van der Waals surface area (Å²) >= 11 is 3.29. The molecule has 0 unspecified atom stereocenters. The van der Waals surface area contributed by atoms with E-state index in [0.29, 0.717) is 21.5 Å². The molecule has 1 aromatic carbocycles. The molecule has 0 saturated heterocycles. The van der Waals surface area contributed by atoms with Gasteiger partial charge < -0.3 is 15.2 Å². The molecule has 0 spiro atoms. The lowest BCUT2D eigenvalue weighted by Crippen LogP contribution is -2.15. The third-order valence-corrected chi connectivity index (χ3v) is 2.96. The molecular weight excluding hydrogens is 331 g/mol. The largest absolute Gasteiger partial charge is 0.496 e. The fourth-order valence-electron chi connectivity index (χ4n) is 1.49. The number of nitrogens with two attached hydrogens (primary N) is 1. The summed E-state index contributed by atoms with van der Waals surface area (Å²) in [6, 6.07) is 2.47. The molecular formula is C11H15BrClF2NO2. The second-order valence-electron chi connectivity index (χ2n) is 3.46. The van der Waals surface area contributed by atoms with Gasteiger partial charge in [-0.05, 0) is 28.1 Å². The smallest absolute Gasteiger partial charge is 0.240 e. The van der Waals surface area contributed by atoms with E-state index in [4.69, 9.17) is 15.2 Å². The minimum atomic E-state index is -2.45. The van der Waals surface area contributed by atoms with Crippen LogP contribution in [0.5, 0.6) is 11.5 Å². The van der Waals surface area contributed by atoms with E-state index in [9.17, 15) is 8.78 Å². The maximum absolute atomic E-state index is 12.3. The summed E-state index contributed by atoms with van der Waals surface area (Å²) in [5.41, 5.74) is 6.22. The Labute approximate surface area is 119 Å². The lowest BCUT2D eigenvalue weighted by molar-refractivity contribution is 0.128. The van der Waals surface area contributed by atoms with E-state index in [-0.39, 0.29) is 12.4 Å². The van der Waals surface area contributed by atoms with Crippen LogP contribution in [0.3, 0.4) is 0 Å². The SMILES string of the molecule is COc1cc([C@@H](N)CC(F)F)c(OC)cc1Br.Cl. The number of rotatable bonds is 5. The second kappa shape index (κ2) is 7.76. The third-order valence-electron chi connectivity index (χ3n) is 2.34. The molecule has 3 nitrogen and oxygen atoms in total.